The van der Waals surface area contributed by atoms with Gasteiger partial charge in [-0.15, -0.1) is 0 Å². The Labute approximate surface area is 217 Å². The Morgan fingerprint density at radius 2 is 1.95 bits per heavy atom. The number of nitrogens with zero attached hydrogens (tertiary/aromatic N) is 4. The number of carbonyl (C=O) groups is 1. The summed E-state index contributed by atoms with van der Waals surface area (Å²) < 4.78 is 21.9. The van der Waals surface area contributed by atoms with Gasteiger partial charge in [-0.05, 0) is 37.0 Å². The Kier molecular flexibility index (Phi) is 6.17. The van der Waals surface area contributed by atoms with Gasteiger partial charge in [0.25, 0.3) is 5.56 Å². The lowest BCUT2D eigenvalue weighted by Gasteiger charge is -2.34. The van der Waals surface area contributed by atoms with E-state index in [9.17, 15) is 14.0 Å². The van der Waals surface area contributed by atoms with Crippen molar-refractivity contribution in [3.8, 4) is 0 Å². The van der Waals surface area contributed by atoms with Crippen LogP contribution in [0.15, 0.2) is 35.4 Å². The van der Waals surface area contributed by atoms with Crippen molar-refractivity contribution in [1.29, 1.82) is 0 Å². The lowest BCUT2D eigenvalue weighted by molar-refractivity contribution is -0.129. The molecule has 2 aromatic heterocycles. The Morgan fingerprint density at radius 3 is 2.57 bits per heavy atom. The summed E-state index contributed by atoms with van der Waals surface area (Å²) in [6.07, 6.45) is 2.15. The van der Waals surface area contributed by atoms with E-state index < -0.39 is 11.7 Å². The van der Waals surface area contributed by atoms with Gasteiger partial charge in [-0.25, -0.2) is 9.97 Å². The molecule has 1 aliphatic carbocycles. The summed E-state index contributed by atoms with van der Waals surface area (Å²) in [5.74, 6) is 0.549. The van der Waals surface area contributed by atoms with Crippen LogP contribution in [-0.2, 0) is 22.2 Å². The topological polar surface area (TPSA) is 89.4 Å². The third kappa shape index (κ3) is 3.86. The first-order chi connectivity index (χ1) is 17.5. The maximum absolute atomic E-state index is 14.2. The molecule has 3 atom stereocenters. The molecule has 2 fully saturated rings. The van der Waals surface area contributed by atoms with Crippen LogP contribution in [0.25, 0.3) is 11.0 Å². The molecule has 192 valence electrons. The smallest absolute Gasteiger partial charge is 0.258 e. The molecule has 37 heavy (non-hydrogen) atoms. The number of methoxy groups -OCH3 is 1. The lowest BCUT2D eigenvalue weighted by atomic mass is 9.78. The van der Waals surface area contributed by atoms with Gasteiger partial charge in [0.2, 0.25) is 5.91 Å². The molecule has 1 spiro atoms. The van der Waals surface area contributed by atoms with Crippen molar-refractivity contribution in [2.75, 3.05) is 25.5 Å². The van der Waals surface area contributed by atoms with Crippen LogP contribution in [0.3, 0.4) is 0 Å². The highest BCUT2D eigenvalue weighted by atomic mass is 19.1. The second-order valence-corrected chi connectivity index (χ2v) is 10.6. The molecular formula is C26H32B2FN5O3. The van der Waals surface area contributed by atoms with Crippen LogP contribution in [0.1, 0.15) is 55.5 Å². The van der Waals surface area contributed by atoms with Crippen LogP contribution in [0.4, 0.5) is 10.2 Å². The average Bonchev–Trinajstić information content (AvgIpc) is 3.56. The molecule has 1 aromatic carbocycles. The van der Waals surface area contributed by atoms with E-state index in [1.807, 2.05) is 39.0 Å². The second-order valence-electron chi connectivity index (χ2n) is 10.6. The quantitative estimate of drug-likeness (QED) is 0.502. The summed E-state index contributed by atoms with van der Waals surface area (Å²) in [5.41, 5.74) is 2.18. The fourth-order valence-corrected chi connectivity index (χ4v) is 6.21. The Bertz CT molecular complexity index is 1460. The van der Waals surface area contributed by atoms with Crippen LogP contribution < -0.4 is 16.3 Å². The third-order valence-electron chi connectivity index (χ3n) is 8.52. The Balaban J connectivity index is 1.62. The number of pyridine rings is 1. The van der Waals surface area contributed by atoms with E-state index in [1.165, 1.54) is 10.9 Å². The van der Waals surface area contributed by atoms with Crippen molar-refractivity contribution in [2.24, 2.45) is 12.5 Å². The number of halogens is 1. The number of likely N-dealkylation sites (tertiary alicyclic amines) is 1. The second kappa shape index (κ2) is 8.97. The van der Waals surface area contributed by atoms with Crippen molar-refractivity contribution in [3.05, 3.63) is 57.6 Å². The highest BCUT2D eigenvalue weighted by Crippen LogP contribution is 2.63. The zero-order valence-corrected chi connectivity index (χ0v) is 22.3. The first-order valence-electron chi connectivity index (χ1n) is 12.7. The molecule has 2 aliphatic rings. The third-order valence-corrected chi connectivity index (χ3v) is 8.52. The van der Waals surface area contributed by atoms with E-state index in [0.717, 1.165) is 23.9 Å². The normalized spacial score (nSPS) is 21.8. The van der Waals surface area contributed by atoms with Crippen molar-refractivity contribution >= 4 is 43.9 Å². The van der Waals surface area contributed by atoms with Crippen molar-refractivity contribution in [2.45, 2.75) is 44.4 Å². The zero-order chi connectivity index (χ0) is 26.7. The molecule has 0 bridgehead atoms. The van der Waals surface area contributed by atoms with Crippen LogP contribution in [0.2, 0.25) is 0 Å². The average molecular weight is 503 g/mol. The highest BCUT2D eigenvalue weighted by Gasteiger charge is 2.67. The number of rotatable bonds is 6. The van der Waals surface area contributed by atoms with Gasteiger partial charge in [0.15, 0.2) is 7.85 Å². The first kappa shape index (κ1) is 25.4. The maximum atomic E-state index is 14.2. The van der Waals surface area contributed by atoms with Gasteiger partial charge >= 0.3 is 0 Å². The molecule has 3 aromatic rings. The molecule has 1 N–H and O–H groups in total. The van der Waals surface area contributed by atoms with Crippen LogP contribution in [0.5, 0.6) is 0 Å². The van der Waals surface area contributed by atoms with Gasteiger partial charge in [-0.2, -0.15) is 0 Å². The first-order valence-corrected chi connectivity index (χ1v) is 12.7. The minimum Gasteiger partial charge on any atom is -0.371 e. The number of ether oxygens (including phenoxy) is 1. The molecule has 11 heteroatoms. The van der Waals surface area contributed by atoms with Gasteiger partial charge in [0.05, 0.1) is 23.6 Å². The molecule has 5 rings (SSSR count). The zero-order valence-electron chi connectivity index (χ0n) is 22.3. The number of carbonyl (C=O) groups excluding carboxylic acids is 1. The molecule has 1 aliphatic heterocycles. The van der Waals surface area contributed by atoms with Gasteiger partial charge in [0.1, 0.15) is 31.2 Å². The number of anilines is 1. The number of hydrogen-bond donors (Lipinski definition) is 1. The van der Waals surface area contributed by atoms with Crippen molar-refractivity contribution < 1.29 is 13.9 Å². The predicted molar refractivity (Wildman–Crippen MR) is 146 cm³/mol. The number of amides is 1. The SMILES string of the molecule is Bc1c(C(B)F)cccc1[C@@H](C)Nc1ncnc2c1cc(C1(OC)CN(C(C)=O)CC13CC3)c(=O)n2C. The van der Waals surface area contributed by atoms with E-state index in [4.69, 9.17) is 4.74 Å². The van der Waals surface area contributed by atoms with E-state index >= 15 is 0 Å². The summed E-state index contributed by atoms with van der Waals surface area (Å²) in [7, 11) is 6.79. The molecule has 1 amide bonds. The lowest BCUT2D eigenvalue weighted by Crippen LogP contribution is -2.44. The van der Waals surface area contributed by atoms with E-state index in [2.05, 4.69) is 15.3 Å². The summed E-state index contributed by atoms with van der Waals surface area (Å²) in [6.45, 7) is 4.47. The van der Waals surface area contributed by atoms with E-state index in [1.54, 1.807) is 33.8 Å². The van der Waals surface area contributed by atoms with E-state index in [-0.39, 0.29) is 22.9 Å². The summed E-state index contributed by atoms with van der Waals surface area (Å²) in [4.78, 5) is 36.7. The van der Waals surface area contributed by atoms with Gasteiger partial charge in [-0.3, -0.25) is 18.5 Å². The van der Waals surface area contributed by atoms with Gasteiger partial charge in [0, 0.05) is 39.1 Å². The molecule has 0 radical (unpaired) electrons. The molecule has 1 saturated carbocycles. The highest BCUT2D eigenvalue weighted by molar-refractivity contribution is 6.35. The Morgan fingerprint density at radius 1 is 1.24 bits per heavy atom. The van der Waals surface area contributed by atoms with Crippen LogP contribution in [0, 0.1) is 5.41 Å². The molecule has 8 nitrogen and oxygen atoms in total. The number of aryl methyl sites for hydroxylation is 1. The number of hydrogen-bond acceptors (Lipinski definition) is 6. The van der Waals surface area contributed by atoms with Gasteiger partial charge < -0.3 is 15.0 Å². The fourth-order valence-electron chi connectivity index (χ4n) is 6.21. The summed E-state index contributed by atoms with van der Waals surface area (Å²) in [5, 5.41) is 4.16. The summed E-state index contributed by atoms with van der Waals surface area (Å²) in [6, 6.07) is 7.32. The predicted octanol–water partition coefficient (Wildman–Crippen LogP) is 0.845. The maximum Gasteiger partial charge on any atom is 0.258 e. The van der Waals surface area contributed by atoms with Gasteiger partial charge in [-0.1, -0.05) is 23.7 Å². The minimum atomic E-state index is -1.06. The molecule has 1 saturated heterocycles. The van der Waals surface area contributed by atoms with E-state index in [0.29, 0.717) is 41.1 Å². The van der Waals surface area contributed by atoms with Crippen molar-refractivity contribution in [1.82, 2.24) is 19.4 Å². The number of fused-ring (bicyclic) bond motifs is 1. The largest absolute Gasteiger partial charge is 0.371 e. The van der Waals surface area contributed by atoms with Crippen LogP contribution in [-0.4, -0.2) is 61.2 Å². The fraction of sp³-hybridized carbons (Fsp3) is 0.462. The number of nitrogens with one attached hydrogen (secondary N) is 1. The Hall–Kier alpha value is -3.20. The number of alkyl halides is 1. The monoisotopic (exact) mass is 503 g/mol. The number of aromatic nitrogens is 3. The molecule has 3 heterocycles. The summed E-state index contributed by atoms with van der Waals surface area (Å²) >= 11 is 0. The minimum absolute atomic E-state index is 0.0254. The molecular weight excluding hydrogens is 471 g/mol. The van der Waals surface area contributed by atoms with Crippen molar-refractivity contribution in [3.63, 3.8) is 0 Å². The molecule has 2 unspecified atom stereocenters. The number of benzene rings is 1. The standard InChI is InChI=1S/C26H32B2FN5O3/c1-14(16-6-5-7-17(20(16)27)21(28)29)32-22-18-10-19(24(36)33(3)23(18)31-13-30-22)26(37-4)12-34(15(2)35)11-25(26)8-9-25/h5-7,10,13-14,21H,8-9,11-12,27-28H2,1-4H3,(H,30,31,32)/t14-,21?,26?/m1/s1. The van der Waals surface area contributed by atoms with Crippen LogP contribution >= 0.6 is 0 Å².